The zero-order chi connectivity index (χ0) is 17.8. The van der Waals surface area contributed by atoms with Crippen LogP contribution in [0.2, 0.25) is 0 Å². The molecule has 1 atom stereocenters. The fourth-order valence-corrected chi connectivity index (χ4v) is 3.07. The van der Waals surface area contributed by atoms with E-state index in [1.165, 1.54) is 0 Å². The number of nitrogens with zero attached hydrogens (tertiary/aromatic N) is 1. The highest BCUT2D eigenvalue weighted by Gasteiger charge is 2.20. The molecule has 0 spiro atoms. The summed E-state index contributed by atoms with van der Waals surface area (Å²) < 4.78 is 11.5. The third-order valence-electron chi connectivity index (χ3n) is 4.38. The van der Waals surface area contributed by atoms with Gasteiger partial charge in [0.1, 0.15) is 17.3 Å². The zero-order valence-corrected chi connectivity index (χ0v) is 14.6. The van der Waals surface area contributed by atoms with Gasteiger partial charge in [0.15, 0.2) is 5.58 Å². The number of benzene rings is 3. The highest BCUT2D eigenvalue weighted by Crippen LogP contribution is 2.26. The predicted octanol–water partition coefficient (Wildman–Crippen LogP) is 4.72. The number of oxazole rings is 1. The number of rotatable bonds is 6. The maximum Gasteiger partial charge on any atom is 0.217 e. The largest absolute Gasteiger partial charge is 0.496 e. The van der Waals surface area contributed by atoms with Crippen molar-refractivity contribution < 1.29 is 9.15 Å². The lowest BCUT2D eigenvalue weighted by molar-refractivity contribution is 0.402. The summed E-state index contributed by atoms with van der Waals surface area (Å²) in [4.78, 5) is 4.68. The first-order valence-electron chi connectivity index (χ1n) is 8.61. The molecule has 0 fully saturated rings. The summed E-state index contributed by atoms with van der Waals surface area (Å²) in [5.74, 6) is 1.52. The topological polar surface area (TPSA) is 47.3 Å². The molecule has 4 aromatic rings. The third-order valence-corrected chi connectivity index (χ3v) is 4.38. The van der Waals surface area contributed by atoms with E-state index in [1.54, 1.807) is 7.11 Å². The first kappa shape index (κ1) is 16.4. The van der Waals surface area contributed by atoms with Gasteiger partial charge in [-0.15, -0.1) is 0 Å². The van der Waals surface area contributed by atoms with Crippen LogP contribution in [0.3, 0.4) is 0 Å². The minimum atomic E-state index is -0.145. The van der Waals surface area contributed by atoms with Crippen LogP contribution in [0, 0.1) is 0 Å². The minimum Gasteiger partial charge on any atom is -0.496 e. The molecule has 1 N–H and O–H groups in total. The number of fused-ring (bicyclic) bond motifs is 1. The molecule has 0 amide bonds. The van der Waals surface area contributed by atoms with Crippen molar-refractivity contribution in [2.24, 2.45) is 0 Å². The van der Waals surface area contributed by atoms with Crippen molar-refractivity contribution in [3.05, 3.63) is 95.9 Å². The van der Waals surface area contributed by atoms with Crippen molar-refractivity contribution >= 4 is 11.1 Å². The fourth-order valence-electron chi connectivity index (χ4n) is 3.07. The summed E-state index contributed by atoms with van der Waals surface area (Å²) in [5, 5.41) is 3.57. The number of aromatic nitrogens is 1. The minimum absolute atomic E-state index is 0.145. The van der Waals surface area contributed by atoms with Crippen LogP contribution in [0.15, 0.2) is 83.3 Å². The third kappa shape index (κ3) is 3.32. The molecular formula is C22H20N2O2. The molecular weight excluding hydrogens is 324 g/mol. The Morgan fingerprint density at radius 3 is 2.46 bits per heavy atom. The van der Waals surface area contributed by atoms with Gasteiger partial charge in [-0.1, -0.05) is 60.7 Å². The van der Waals surface area contributed by atoms with E-state index in [4.69, 9.17) is 9.15 Å². The van der Waals surface area contributed by atoms with E-state index in [0.717, 1.165) is 28.0 Å². The molecule has 1 heterocycles. The molecule has 0 saturated heterocycles. The Kier molecular flexibility index (Phi) is 4.67. The molecule has 4 nitrogen and oxygen atoms in total. The Morgan fingerprint density at radius 1 is 0.923 bits per heavy atom. The number of nitrogens with one attached hydrogen (secondary N) is 1. The molecule has 0 aliphatic carbocycles. The van der Waals surface area contributed by atoms with Crippen LogP contribution in [0.5, 0.6) is 5.75 Å². The van der Waals surface area contributed by atoms with Crippen molar-refractivity contribution in [2.45, 2.75) is 12.6 Å². The summed E-state index contributed by atoms with van der Waals surface area (Å²) in [6, 6.07) is 25.9. The maximum absolute atomic E-state index is 6.02. The summed E-state index contributed by atoms with van der Waals surface area (Å²) in [7, 11) is 1.69. The average Bonchev–Trinajstić information content (AvgIpc) is 3.13. The number of hydrogen-bond acceptors (Lipinski definition) is 4. The lowest BCUT2D eigenvalue weighted by Gasteiger charge is -2.17. The van der Waals surface area contributed by atoms with E-state index < -0.39 is 0 Å². The molecule has 3 aromatic carbocycles. The van der Waals surface area contributed by atoms with Crippen molar-refractivity contribution in [1.82, 2.24) is 10.3 Å². The van der Waals surface area contributed by atoms with Crippen LogP contribution in [0.25, 0.3) is 11.1 Å². The molecule has 0 saturated carbocycles. The molecule has 0 radical (unpaired) electrons. The van der Waals surface area contributed by atoms with Crippen LogP contribution in [0.1, 0.15) is 23.1 Å². The molecule has 0 aliphatic heterocycles. The Balaban J connectivity index is 1.67. The maximum atomic E-state index is 6.02. The van der Waals surface area contributed by atoms with Crippen LogP contribution < -0.4 is 10.1 Å². The second-order valence-electron chi connectivity index (χ2n) is 6.06. The van der Waals surface area contributed by atoms with Gasteiger partial charge in [-0.05, 0) is 23.8 Å². The van der Waals surface area contributed by atoms with Crippen molar-refractivity contribution in [3.8, 4) is 5.75 Å². The van der Waals surface area contributed by atoms with E-state index in [1.807, 2.05) is 60.7 Å². The van der Waals surface area contributed by atoms with Gasteiger partial charge in [0.2, 0.25) is 5.89 Å². The monoisotopic (exact) mass is 344 g/mol. The van der Waals surface area contributed by atoms with Gasteiger partial charge in [-0.2, -0.15) is 0 Å². The van der Waals surface area contributed by atoms with Gasteiger partial charge < -0.3 is 9.15 Å². The Labute approximate surface area is 152 Å². The lowest BCUT2D eigenvalue weighted by Crippen LogP contribution is -2.22. The number of ether oxygens (including phenoxy) is 1. The molecule has 0 unspecified atom stereocenters. The van der Waals surface area contributed by atoms with Crippen LogP contribution >= 0.6 is 0 Å². The normalized spacial score (nSPS) is 12.2. The quantitative estimate of drug-likeness (QED) is 0.550. The van der Waals surface area contributed by atoms with Crippen LogP contribution in [-0.2, 0) is 6.54 Å². The van der Waals surface area contributed by atoms with Gasteiger partial charge in [0, 0.05) is 12.1 Å². The summed E-state index contributed by atoms with van der Waals surface area (Å²) in [6.45, 7) is 0.641. The van der Waals surface area contributed by atoms with Gasteiger partial charge in [-0.25, -0.2) is 4.98 Å². The van der Waals surface area contributed by atoms with E-state index in [2.05, 4.69) is 28.5 Å². The predicted molar refractivity (Wildman–Crippen MR) is 102 cm³/mol. The van der Waals surface area contributed by atoms with Gasteiger partial charge in [-0.3, -0.25) is 5.32 Å². The summed E-state index contributed by atoms with van der Waals surface area (Å²) >= 11 is 0. The average molecular weight is 344 g/mol. The van der Waals surface area contributed by atoms with Gasteiger partial charge in [0.25, 0.3) is 0 Å². The Bertz CT molecular complexity index is 962. The summed E-state index contributed by atoms with van der Waals surface area (Å²) in [6.07, 6.45) is 0. The molecule has 0 aliphatic rings. The van der Waals surface area contributed by atoms with Gasteiger partial charge >= 0.3 is 0 Å². The molecule has 1 aromatic heterocycles. The molecule has 4 heteroatoms. The fraction of sp³-hybridized carbons (Fsp3) is 0.136. The standard InChI is InChI=1S/C22H20N2O2/c1-25-19-13-7-5-11-17(19)15-23-21(16-9-3-2-4-10-16)22-24-18-12-6-8-14-20(18)26-22/h2-14,21,23H,15H2,1H3/t21-/m1/s1. The summed E-state index contributed by atoms with van der Waals surface area (Å²) in [5.41, 5.74) is 3.85. The smallest absolute Gasteiger partial charge is 0.217 e. The van der Waals surface area contributed by atoms with E-state index in [-0.39, 0.29) is 6.04 Å². The van der Waals surface area contributed by atoms with Crippen LogP contribution in [-0.4, -0.2) is 12.1 Å². The van der Waals surface area contributed by atoms with E-state index in [9.17, 15) is 0 Å². The van der Waals surface area contributed by atoms with Crippen LogP contribution in [0.4, 0.5) is 0 Å². The highest BCUT2D eigenvalue weighted by molar-refractivity contribution is 5.72. The van der Waals surface area contributed by atoms with E-state index in [0.29, 0.717) is 12.4 Å². The van der Waals surface area contributed by atoms with Crippen molar-refractivity contribution in [1.29, 1.82) is 0 Å². The lowest BCUT2D eigenvalue weighted by atomic mass is 10.1. The first-order valence-corrected chi connectivity index (χ1v) is 8.61. The Hall–Kier alpha value is -3.11. The SMILES string of the molecule is COc1ccccc1CN[C@H](c1ccccc1)c1nc2ccccc2o1. The number of methoxy groups -OCH3 is 1. The molecule has 4 rings (SSSR count). The molecule has 130 valence electrons. The number of hydrogen-bond donors (Lipinski definition) is 1. The van der Waals surface area contributed by atoms with Crippen molar-refractivity contribution in [3.63, 3.8) is 0 Å². The molecule has 26 heavy (non-hydrogen) atoms. The first-order chi connectivity index (χ1) is 12.8. The molecule has 0 bridgehead atoms. The second-order valence-corrected chi connectivity index (χ2v) is 6.06. The Morgan fingerprint density at radius 2 is 1.65 bits per heavy atom. The number of para-hydroxylation sites is 3. The van der Waals surface area contributed by atoms with E-state index >= 15 is 0 Å². The van der Waals surface area contributed by atoms with Gasteiger partial charge in [0.05, 0.1) is 7.11 Å². The second kappa shape index (κ2) is 7.42. The van der Waals surface area contributed by atoms with Crippen molar-refractivity contribution in [2.75, 3.05) is 7.11 Å². The zero-order valence-electron chi connectivity index (χ0n) is 14.6. The highest BCUT2D eigenvalue weighted by atomic mass is 16.5.